The number of rotatable bonds is 5. The fourth-order valence-corrected chi connectivity index (χ4v) is 3.67. The van der Waals surface area contributed by atoms with Crippen LogP contribution in [0, 0.1) is 0 Å². The second-order valence-corrected chi connectivity index (χ2v) is 9.25. The summed E-state index contributed by atoms with van der Waals surface area (Å²) in [5, 5.41) is 7.54. The third kappa shape index (κ3) is 7.08. The van der Waals surface area contributed by atoms with Gasteiger partial charge in [0.2, 0.25) is 5.91 Å². The van der Waals surface area contributed by atoms with Crippen molar-refractivity contribution in [2.45, 2.75) is 26.4 Å². The Morgan fingerprint density at radius 2 is 1.58 bits per heavy atom. The summed E-state index contributed by atoms with van der Waals surface area (Å²) in [5.41, 5.74) is 0.803. The van der Waals surface area contributed by atoms with E-state index in [9.17, 15) is 14.4 Å². The third-order valence-corrected chi connectivity index (χ3v) is 5.43. The van der Waals surface area contributed by atoms with Crippen molar-refractivity contribution < 1.29 is 19.1 Å². The third-order valence-electron chi connectivity index (χ3n) is 4.56. The quantitative estimate of drug-likeness (QED) is 0.737. The number of thiophene rings is 1. The van der Waals surface area contributed by atoms with Gasteiger partial charge in [0.05, 0.1) is 11.4 Å². The van der Waals surface area contributed by atoms with Crippen LogP contribution < -0.4 is 10.6 Å². The number of carbonyl (C=O) groups is 3. The monoisotopic (exact) mass is 444 g/mol. The predicted molar refractivity (Wildman–Crippen MR) is 122 cm³/mol. The standard InChI is InChI=1S/C22H28N4O4S/c1-22(2,3)30-21(29)26-12-10-25(11-13-26)15-19(27)23-16-6-8-17(9-7-16)24-20(28)18-5-4-14-31-18/h4-9,14H,10-13,15H2,1-3H3,(H,23,27)(H,24,28). The van der Waals surface area contributed by atoms with Crippen LogP contribution in [0.1, 0.15) is 30.4 Å². The lowest BCUT2D eigenvalue weighted by molar-refractivity contribution is -0.117. The zero-order valence-electron chi connectivity index (χ0n) is 18.0. The maximum Gasteiger partial charge on any atom is 0.410 e. The molecule has 0 radical (unpaired) electrons. The highest BCUT2D eigenvalue weighted by Gasteiger charge is 2.26. The molecule has 1 aliphatic rings. The molecule has 166 valence electrons. The molecule has 1 aromatic carbocycles. The fourth-order valence-electron chi connectivity index (χ4n) is 3.06. The molecular formula is C22H28N4O4S. The van der Waals surface area contributed by atoms with E-state index in [1.807, 2.05) is 37.1 Å². The summed E-state index contributed by atoms with van der Waals surface area (Å²) in [6.07, 6.45) is -0.317. The number of benzene rings is 1. The molecule has 2 aromatic rings. The summed E-state index contributed by atoms with van der Waals surface area (Å²) in [4.78, 5) is 40.9. The van der Waals surface area contributed by atoms with E-state index in [2.05, 4.69) is 10.6 Å². The number of nitrogens with zero attached hydrogens (tertiary/aromatic N) is 2. The first-order valence-corrected chi connectivity index (χ1v) is 11.0. The molecule has 0 saturated carbocycles. The molecule has 0 spiro atoms. The van der Waals surface area contributed by atoms with Gasteiger partial charge in [-0.1, -0.05) is 6.07 Å². The van der Waals surface area contributed by atoms with Crippen LogP contribution in [0.25, 0.3) is 0 Å². The molecule has 0 unspecified atom stereocenters. The maximum atomic E-state index is 12.4. The first-order chi connectivity index (χ1) is 14.7. The van der Waals surface area contributed by atoms with Crippen molar-refractivity contribution in [1.82, 2.24) is 9.80 Å². The average molecular weight is 445 g/mol. The highest BCUT2D eigenvalue weighted by molar-refractivity contribution is 7.12. The van der Waals surface area contributed by atoms with E-state index in [0.717, 1.165) is 0 Å². The Balaban J connectivity index is 1.42. The fraction of sp³-hybridized carbons (Fsp3) is 0.409. The van der Waals surface area contributed by atoms with E-state index in [4.69, 9.17) is 4.74 Å². The van der Waals surface area contributed by atoms with E-state index < -0.39 is 5.60 Å². The summed E-state index contributed by atoms with van der Waals surface area (Å²) >= 11 is 1.38. The molecule has 1 fully saturated rings. The SMILES string of the molecule is CC(C)(C)OC(=O)N1CCN(CC(=O)Nc2ccc(NC(=O)c3cccs3)cc2)CC1. The average Bonchev–Trinajstić information content (AvgIpc) is 3.24. The van der Waals surface area contributed by atoms with Crippen molar-refractivity contribution in [2.24, 2.45) is 0 Å². The van der Waals surface area contributed by atoms with Crippen molar-refractivity contribution >= 4 is 40.6 Å². The molecule has 0 bridgehead atoms. The number of amides is 3. The van der Waals surface area contributed by atoms with Crippen LogP contribution in [-0.2, 0) is 9.53 Å². The van der Waals surface area contributed by atoms with Crippen LogP contribution >= 0.6 is 11.3 Å². The summed E-state index contributed by atoms with van der Waals surface area (Å²) in [7, 11) is 0. The molecule has 1 aromatic heterocycles. The molecule has 3 rings (SSSR count). The Labute approximate surface area is 186 Å². The van der Waals surface area contributed by atoms with E-state index in [-0.39, 0.29) is 24.5 Å². The molecular weight excluding hydrogens is 416 g/mol. The van der Waals surface area contributed by atoms with Crippen molar-refractivity contribution in [3.63, 3.8) is 0 Å². The number of ether oxygens (including phenoxy) is 1. The molecule has 2 heterocycles. The second-order valence-electron chi connectivity index (χ2n) is 8.30. The van der Waals surface area contributed by atoms with Crippen LogP contribution in [0.5, 0.6) is 0 Å². The smallest absolute Gasteiger partial charge is 0.410 e. The molecule has 1 aliphatic heterocycles. The number of anilines is 2. The van der Waals surface area contributed by atoms with Gasteiger partial charge in [-0.25, -0.2) is 4.79 Å². The molecule has 9 heteroatoms. The molecule has 1 saturated heterocycles. The van der Waals surface area contributed by atoms with Crippen molar-refractivity contribution in [1.29, 1.82) is 0 Å². The zero-order valence-corrected chi connectivity index (χ0v) is 18.8. The number of hydrogen-bond acceptors (Lipinski definition) is 6. The van der Waals surface area contributed by atoms with Gasteiger partial charge in [0.25, 0.3) is 5.91 Å². The van der Waals surface area contributed by atoms with Gasteiger partial charge in [-0.15, -0.1) is 11.3 Å². The molecule has 8 nitrogen and oxygen atoms in total. The van der Waals surface area contributed by atoms with Crippen LogP contribution in [-0.4, -0.2) is 66.0 Å². The topological polar surface area (TPSA) is 91.0 Å². The molecule has 0 aliphatic carbocycles. The zero-order chi connectivity index (χ0) is 22.4. The first kappa shape index (κ1) is 22.8. The van der Waals surface area contributed by atoms with E-state index in [0.29, 0.717) is 42.4 Å². The lowest BCUT2D eigenvalue weighted by atomic mass is 10.2. The van der Waals surface area contributed by atoms with Gasteiger partial charge < -0.3 is 20.3 Å². The molecule has 2 N–H and O–H groups in total. The van der Waals surface area contributed by atoms with Crippen molar-refractivity contribution in [3.8, 4) is 0 Å². The lowest BCUT2D eigenvalue weighted by Gasteiger charge is -2.35. The summed E-state index contributed by atoms with van der Waals surface area (Å²) in [6.45, 7) is 8.06. The Hall–Kier alpha value is -2.91. The summed E-state index contributed by atoms with van der Waals surface area (Å²) in [5.74, 6) is -0.279. The summed E-state index contributed by atoms with van der Waals surface area (Å²) in [6, 6.07) is 10.6. The Bertz CT molecular complexity index is 899. The van der Waals surface area contributed by atoms with Gasteiger partial charge in [-0.3, -0.25) is 14.5 Å². The van der Waals surface area contributed by atoms with Crippen LogP contribution in [0.3, 0.4) is 0 Å². The number of piperazine rings is 1. The number of nitrogens with one attached hydrogen (secondary N) is 2. The van der Waals surface area contributed by atoms with Crippen molar-refractivity contribution in [3.05, 3.63) is 46.7 Å². The van der Waals surface area contributed by atoms with E-state index in [1.54, 1.807) is 35.2 Å². The van der Waals surface area contributed by atoms with E-state index in [1.165, 1.54) is 11.3 Å². The van der Waals surface area contributed by atoms with E-state index >= 15 is 0 Å². The Morgan fingerprint density at radius 3 is 2.13 bits per heavy atom. The largest absolute Gasteiger partial charge is 0.444 e. The lowest BCUT2D eigenvalue weighted by Crippen LogP contribution is -2.51. The van der Waals surface area contributed by atoms with Gasteiger partial charge in [0, 0.05) is 37.6 Å². The minimum Gasteiger partial charge on any atom is -0.444 e. The van der Waals surface area contributed by atoms with Gasteiger partial charge in [-0.2, -0.15) is 0 Å². The molecule has 0 atom stereocenters. The maximum absolute atomic E-state index is 12.4. The second kappa shape index (κ2) is 9.93. The van der Waals surface area contributed by atoms with Crippen LogP contribution in [0.2, 0.25) is 0 Å². The minimum absolute atomic E-state index is 0.124. The Kier molecular flexibility index (Phi) is 7.29. The minimum atomic E-state index is -0.517. The highest BCUT2D eigenvalue weighted by Crippen LogP contribution is 2.17. The number of carbonyl (C=O) groups excluding carboxylic acids is 3. The van der Waals surface area contributed by atoms with Crippen LogP contribution in [0.4, 0.5) is 16.2 Å². The normalized spacial score (nSPS) is 14.7. The number of hydrogen-bond donors (Lipinski definition) is 2. The molecule has 3 amide bonds. The van der Waals surface area contributed by atoms with Gasteiger partial charge in [-0.05, 0) is 56.5 Å². The highest BCUT2D eigenvalue weighted by atomic mass is 32.1. The van der Waals surface area contributed by atoms with Gasteiger partial charge >= 0.3 is 6.09 Å². The Morgan fingerprint density at radius 1 is 0.968 bits per heavy atom. The summed E-state index contributed by atoms with van der Waals surface area (Å²) < 4.78 is 5.39. The molecule has 31 heavy (non-hydrogen) atoms. The predicted octanol–water partition coefficient (Wildman–Crippen LogP) is 3.49. The van der Waals surface area contributed by atoms with Gasteiger partial charge in [0.1, 0.15) is 5.60 Å². The van der Waals surface area contributed by atoms with Gasteiger partial charge in [0.15, 0.2) is 0 Å². The first-order valence-electron chi connectivity index (χ1n) is 10.1. The van der Waals surface area contributed by atoms with Crippen LogP contribution in [0.15, 0.2) is 41.8 Å². The van der Waals surface area contributed by atoms with Crippen molar-refractivity contribution in [2.75, 3.05) is 43.4 Å².